The molecule has 0 radical (unpaired) electrons. The van der Waals surface area contributed by atoms with E-state index in [1.165, 1.54) is 6.07 Å². The van der Waals surface area contributed by atoms with E-state index in [2.05, 4.69) is 15.5 Å². The lowest BCUT2D eigenvalue weighted by Gasteiger charge is -2.33. The van der Waals surface area contributed by atoms with Gasteiger partial charge in [-0.3, -0.25) is 4.79 Å². The van der Waals surface area contributed by atoms with Crippen molar-refractivity contribution in [2.75, 3.05) is 13.1 Å². The maximum atomic E-state index is 15.3. The lowest BCUT2D eigenvalue weighted by molar-refractivity contribution is -0.0242. The molecular weight excluding hydrogens is 518 g/mol. The number of rotatable bonds is 4. The van der Waals surface area contributed by atoms with E-state index in [1.807, 2.05) is 10.6 Å². The van der Waals surface area contributed by atoms with Crippen molar-refractivity contribution in [2.24, 2.45) is 0 Å². The van der Waals surface area contributed by atoms with Crippen LogP contribution < -0.4 is 5.32 Å². The van der Waals surface area contributed by atoms with Crippen LogP contribution >= 0.6 is 23.2 Å². The summed E-state index contributed by atoms with van der Waals surface area (Å²) in [4.78, 5) is 27.0. The Morgan fingerprint density at radius 1 is 1.16 bits per heavy atom. The molecule has 0 aliphatic carbocycles. The van der Waals surface area contributed by atoms with Crippen molar-refractivity contribution in [1.82, 2.24) is 20.1 Å². The van der Waals surface area contributed by atoms with Crippen molar-refractivity contribution in [2.45, 2.75) is 31.9 Å². The Balaban J connectivity index is 1.50. The summed E-state index contributed by atoms with van der Waals surface area (Å²) in [6.07, 6.45) is 2.75. The van der Waals surface area contributed by atoms with Gasteiger partial charge in [-0.05, 0) is 44.3 Å². The van der Waals surface area contributed by atoms with E-state index in [1.54, 1.807) is 37.4 Å². The van der Waals surface area contributed by atoms with E-state index in [9.17, 15) is 9.59 Å². The zero-order chi connectivity index (χ0) is 25.9. The zero-order valence-corrected chi connectivity index (χ0v) is 21.3. The van der Waals surface area contributed by atoms with Gasteiger partial charge < -0.3 is 14.6 Å². The molecular formula is C27H21Cl2FN4O3. The van der Waals surface area contributed by atoms with Gasteiger partial charge in [0, 0.05) is 46.1 Å². The number of nitrogens with zero attached hydrogens (tertiary/aromatic N) is 3. The molecule has 7 nitrogen and oxygen atoms in total. The second kappa shape index (κ2) is 8.90. The predicted octanol–water partition coefficient (Wildman–Crippen LogP) is 5.21. The minimum atomic E-state index is -0.842. The molecule has 1 saturated heterocycles. The van der Waals surface area contributed by atoms with Gasteiger partial charge in [-0.1, -0.05) is 35.3 Å². The van der Waals surface area contributed by atoms with Crippen LogP contribution in [0.3, 0.4) is 0 Å². The third-order valence-corrected chi connectivity index (χ3v) is 7.70. The number of ketones is 1. The van der Waals surface area contributed by atoms with Gasteiger partial charge in [0.1, 0.15) is 11.4 Å². The van der Waals surface area contributed by atoms with Crippen LogP contribution in [0.25, 0.3) is 10.9 Å². The first-order valence-electron chi connectivity index (χ1n) is 11.9. The highest BCUT2D eigenvalue weighted by atomic mass is 35.5. The summed E-state index contributed by atoms with van der Waals surface area (Å²) in [7, 11) is 0. The molecule has 188 valence electrons. The van der Waals surface area contributed by atoms with E-state index in [0.29, 0.717) is 58.7 Å². The first-order chi connectivity index (χ1) is 17.8. The number of ether oxygens (including phenoxy) is 1. The Kier molecular flexibility index (Phi) is 5.78. The van der Waals surface area contributed by atoms with Gasteiger partial charge >= 0.3 is 5.97 Å². The van der Waals surface area contributed by atoms with Crippen LogP contribution in [0.2, 0.25) is 10.2 Å². The first-order valence-corrected chi connectivity index (χ1v) is 12.6. The molecule has 1 fully saturated rings. The molecule has 2 aliphatic rings. The van der Waals surface area contributed by atoms with Gasteiger partial charge in [0.2, 0.25) is 0 Å². The summed E-state index contributed by atoms with van der Waals surface area (Å²) in [6, 6.07) is 9.74. The fraction of sp³-hybridized carbons (Fsp3) is 0.259. The van der Waals surface area contributed by atoms with Gasteiger partial charge in [0.25, 0.3) is 0 Å². The molecule has 2 aromatic heterocycles. The summed E-state index contributed by atoms with van der Waals surface area (Å²) in [5, 5.41) is 12.5. The molecule has 2 aliphatic heterocycles. The monoisotopic (exact) mass is 538 g/mol. The van der Waals surface area contributed by atoms with Crippen LogP contribution in [0.5, 0.6) is 0 Å². The summed E-state index contributed by atoms with van der Waals surface area (Å²) >= 11 is 12.6. The van der Waals surface area contributed by atoms with Crippen LogP contribution in [-0.4, -0.2) is 39.6 Å². The largest absolute Gasteiger partial charge is 0.450 e. The van der Waals surface area contributed by atoms with Crippen LogP contribution in [0.15, 0.2) is 42.6 Å². The summed E-state index contributed by atoms with van der Waals surface area (Å²) < 4.78 is 22.9. The molecule has 0 bridgehead atoms. The maximum absolute atomic E-state index is 15.3. The van der Waals surface area contributed by atoms with Crippen molar-refractivity contribution < 1.29 is 18.7 Å². The molecule has 0 atom stereocenters. The summed E-state index contributed by atoms with van der Waals surface area (Å²) in [5.74, 6) is -2.03. The molecule has 0 amide bonds. The number of benzene rings is 2. The maximum Gasteiger partial charge on any atom is 0.340 e. The fourth-order valence-electron chi connectivity index (χ4n) is 5.41. The number of halogens is 3. The normalized spacial score (nSPS) is 16.3. The lowest BCUT2D eigenvalue weighted by atomic mass is 9.82. The number of carbonyl (C=O) groups excluding carboxylic acids is 2. The number of aromatic nitrogens is 3. The second-order valence-electron chi connectivity index (χ2n) is 9.44. The van der Waals surface area contributed by atoms with E-state index in [-0.39, 0.29) is 28.4 Å². The topological polar surface area (TPSA) is 86.1 Å². The average molecular weight is 539 g/mol. The molecule has 2 aromatic carbocycles. The summed E-state index contributed by atoms with van der Waals surface area (Å²) in [5.41, 5.74) is 1.77. The third kappa shape index (κ3) is 3.91. The number of aryl methyl sites for hydroxylation is 1. The van der Waals surface area contributed by atoms with Crippen LogP contribution in [0.4, 0.5) is 4.39 Å². The number of fused-ring (bicyclic) bond motifs is 3. The summed E-state index contributed by atoms with van der Waals surface area (Å²) in [6.45, 7) is 3.41. The molecule has 37 heavy (non-hydrogen) atoms. The molecule has 0 saturated carbocycles. The number of hydrogen-bond donors (Lipinski definition) is 1. The minimum absolute atomic E-state index is 0.0127. The van der Waals surface area contributed by atoms with E-state index < -0.39 is 23.2 Å². The van der Waals surface area contributed by atoms with Crippen molar-refractivity contribution in [3.63, 3.8) is 0 Å². The van der Waals surface area contributed by atoms with Crippen LogP contribution in [0.1, 0.15) is 55.9 Å². The van der Waals surface area contributed by atoms with E-state index in [4.69, 9.17) is 27.9 Å². The Labute approximate surface area is 221 Å². The highest BCUT2D eigenvalue weighted by Gasteiger charge is 2.48. The number of piperidine rings is 1. The predicted molar refractivity (Wildman–Crippen MR) is 137 cm³/mol. The van der Waals surface area contributed by atoms with Crippen molar-refractivity contribution in [1.29, 1.82) is 0 Å². The Morgan fingerprint density at radius 2 is 1.95 bits per heavy atom. The van der Waals surface area contributed by atoms with Crippen molar-refractivity contribution in [3.05, 3.63) is 92.1 Å². The van der Waals surface area contributed by atoms with Gasteiger partial charge in [-0.2, -0.15) is 5.10 Å². The third-order valence-electron chi connectivity index (χ3n) is 7.15. The van der Waals surface area contributed by atoms with E-state index >= 15 is 4.39 Å². The number of esters is 1. The first kappa shape index (κ1) is 24.0. The Hall–Kier alpha value is -3.33. The van der Waals surface area contributed by atoms with Gasteiger partial charge in [-0.15, -0.1) is 5.10 Å². The van der Waals surface area contributed by atoms with Gasteiger partial charge in [0.15, 0.2) is 10.9 Å². The molecule has 4 aromatic rings. The van der Waals surface area contributed by atoms with Gasteiger partial charge in [0.05, 0.1) is 28.9 Å². The number of hydrogen-bond acceptors (Lipinski definition) is 6. The molecule has 10 heteroatoms. The highest BCUT2D eigenvalue weighted by molar-refractivity contribution is 6.31. The van der Waals surface area contributed by atoms with Crippen LogP contribution in [0, 0.1) is 12.7 Å². The minimum Gasteiger partial charge on any atom is -0.450 e. The van der Waals surface area contributed by atoms with Crippen molar-refractivity contribution >= 4 is 45.9 Å². The SMILES string of the molecule is Cc1cc(Cn2cc(C(=O)c3c(F)ccc4c3C(=O)OC43CCNCC3)c3ccc(Cl)cc32)c(Cl)nn1. The zero-order valence-electron chi connectivity index (χ0n) is 19.8. The lowest BCUT2D eigenvalue weighted by Crippen LogP contribution is -2.40. The average Bonchev–Trinajstić information content (AvgIpc) is 3.36. The molecule has 4 heterocycles. The van der Waals surface area contributed by atoms with Crippen LogP contribution in [-0.2, 0) is 16.9 Å². The number of carbonyl (C=O) groups is 2. The molecule has 1 N–H and O–H groups in total. The standard InChI is InChI=1S/C27H21Cl2FN4O3/c1-14-10-15(25(29)33-32-14)12-34-13-18(17-3-2-16(28)11-21(17)34)24(35)23-20(30)5-4-19-22(23)26(36)37-27(19)6-8-31-9-7-27/h2-5,10-11,13,31H,6-9,12H2,1H3. The smallest absolute Gasteiger partial charge is 0.340 e. The number of nitrogens with one attached hydrogen (secondary N) is 1. The molecule has 6 rings (SSSR count). The molecule has 0 unspecified atom stereocenters. The fourth-order valence-corrected chi connectivity index (χ4v) is 5.73. The second-order valence-corrected chi connectivity index (χ2v) is 10.2. The van der Waals surface area contributed by atoms with E-state index in [0.717, 1.165) is 0 Å². The van der Waals surface area contributed by atoms with Crippen molar-refractivity contribution in [3.8, 4) is 0 Å². The highest BCUT2D eigenvalue weighted by Crippen LogP contribution is 2.45. The Morgan fingerprint density at radius 3 is 2.73 bits per heavy atom. The Bertz CT molecular complexity index is 1610. The molecule has 1 spiro atoms. The van der Waals surface area contributed by atoms with Gasteiger partial charge in [-0.25, -0.2) is 9.18 Å². The quantitative estimate of drug-likeness (QED) is 0.283.